The molecule has 112 valence electrons. The van der Waals surface area contributed by atoms with Crippen LogP contribution in [0.4, 0.5) is 0 Å². The van der Waals surface area contributed by atoms with Crippen molar-refractivity contribution in [3.05, 3.63) is 28.8 Å². The van der Waals surface area contributed by atoms with Crippen LogP contribution >= 0.6 is 11.6 Å². The highest BCUT2D eigenvalue weighted by molar-refractivity contribution is 7.89. The van der Waals surface area contributed by atoms with Crippen LogP contribution in [0.15, 0.2) is 23.1 Å². The number of aliphatic hydroxyl groups is 1. The van der Waals surface area contributed by atoms with Crippen LogP contribution in [0, 0.1) is 11.8 Å². The number of halogens is 1. The van der Waals surface area contributed by atoms with Gasteiger partial charge in [0.1, 0.15) is 4.90 Å². The molecule has 1 heterocycles. The average Bonchev–Trinajstić information content (AvgIpc) is 2.42. The van der Waals surface area contributed by atoms with Gasteiger partial charge in [0.05, 0.1) is 11.6 Å². The molecule has 0 amide bonds. The Hall–Kier alpha value is -0.620. The molecule has 0 radical (unpaired) electrons. The highest BCUT2D eigenvalue weighted by Crippen LogP contribution is 2.30. The summed E-state index contributed by atoms with van der Waals surface area (Å²) < 4.78 is 26.9. The normalized spacial score (nSPS) is 24.8. The van der Waals surface area contributed by atoms with Gasteiger partial charge in [0.25, 0.3) is 0 Å². The van der Waals surface area contributed by atoms with Crippen molar-refractivity contribution in [1.29, 1.82) is 0 Å². The highest BCUT2D eigenvalue weighted by atomic mass is 35.5. The van der Waals surface area contributed by atoms with E-state index in [9.17, 15) is 8.42 Å². The van der Waals surface area contributed by atoms with Crippen LogP contribution in [0.25, 0.3) is 0 Å². The molecule has 0 aromatic heterocycles. The zero-order valence-corrected chi connectivity index (χ0v) is 13.3. The van der Waals surface area contributed by atoms with E-state index >= 15 is 0 Å². The third kappa shape index (κ3) is 3.01. The van der Waals surface area contributed by atoms with E-state index in [0.717, 1.165) is 6.42 Å². The Kier molecular flexibility index (Phi) is 4.74. The first-order valence-corrected chi connectivity index (χ1v) is 8.57. The molecule has 6 heteroatoms. The van der Waals surface area contributed by atoms with Crippen LogP contribution in [0.5, 0.6) is 0 Å². The number of rotatable bonds is 3. The quantitative estimate of drug-likeness (QED) is 0.932. The molecule has 0 bridgehead atoms. The summed E-state index contributed by atoms with van der Waals surface area (Å²) in [5.41, 5.74) is 0.548. The van der Waals surface area contributed by atoms with Crippen molar-refractivity contribution < 1.29 is 13.5 Å². The van der Waals surface area contributed by atoms with Crippen molar-refractivity contribution in [3.8, 4) is 0 Å². The van der Waals surface area contributed by atoms with Crippen molar-refractivity contribution in [2.45, 2.75) is 31.8 Å². The fraction of sp³-hybridized carbons (Fsp3) is 0.571. The summed E-state index contributed by atoms with van der Waals surface area (Å²) in [5, 5.41) is 9.36. The van der Waals surface area contributed by atoms with Crippen LogP contribution in [-0.2, 0) is 16.6 Å². The summed E-state index contributed by atoms with van der Waals surface area (Å²) in [6, 6.07) is 4.61. The molecule has 2 atom stereocenters. The third-order valence-corrected chi connectivity index (χ3v) is 6.44. The van der Waals surface area contributed by atoms with Gasteiger partial charge >= 0.3 is 0 Å². The number of benzene rings is 1. The molecular formula is C14H20ClNO3S. The lowest BCUT2D eigenvalue weighted by Gasteiger charge is -2.34. The van der Waals surface area contributed by atoms with E-state index in [1.807, 2.05) is 0 Å². The summed E-state index contributed by atoms with van der Waals surface area (Å²) in [4.78, 5) is 0.0902. The zero-order valence-electron chi connectivity index (χ0n) is 11.7. The fourth-order valence-corrected chi connectivity index (χ4v) is 4.51. The molecule has 1 saturated heterocycles. The number of piperidine rings is 1. The number of sulfonamides is 1. The summed E-state index contributed by atoms with van der Waals surface area (Å²) in [6.45, 7) is 5.05. The summed E-state index contributed by atoms with van der Waals surface area (Å²) in [5.74, 6) is 0.860. The van der Waals surface area contributed by atoms with E-state index in [4.69, 9.17) is 16.7 Å². The molecule has 1 aromatic rings. The molecule has 1 aliphatic heterocycles. The van der Waals surface area contributed by atoms with E-state index in [2.05, 4.69) is 13.8 Å². The Bertz CT molecular complexity index is 588. The maximum atomic E-state index is 12.7. The monoisotopic (exact) mass is 317 g/mol. The zero-order chi connectivity index (χ0) is 14.9. The minimum Gasteiger partial charge on any atom is -0.392 e. The van der Waals surface area contributed by atoms with Crippen LogP contribution in [0.1, 0.15) is 25.8 Å². The van der Waals surface area contributed by atoms with Crippen molar-refractivity contribution in [3.63, 3.8) is 0 Å². The van der Waals surface area contributed by atoms with Crippen LogP contribution in [0.2, 0.25) is 5.02 Å². The van der Waals surface area contributed by atoms with Gasteiger partial charge in [-0.05, 0) is 36.0 Å². The van der Waals surface area contributed by atoms with Crippen molar-refractivity contribution in [2.24, 2.45) is 11.8 Å². The Labute approximate surface area is 125 Å². The summed E-state index contributed by atoms with van der Waals surface area (Å²) in [6.07, 6.45) is 0.859. The minimum atomic E-state index is -3.59. The fourth-order valence-electron chi connectivity index (χ4n) is 2.43. The van der Waals surface area contributed by atoms with E-state index < -0.39 is 10.0 Å². The largest absolute Gasteiger partial charge is 0.392 e. The maximum absolute atomic E-state index is 12.7. The van der Waals surface area contributed by atoms with Gasteiger partial charge in [-0.15, -0.1) is 0 Å². The summed E-state index contributed by atoms with van der Waals surface area (Å²) >= 11 is 6.03. The molecule has 1 N–H and O–H groups in total. The second-order valence-electron chi connectivity index (χ2n) is 5.53. The topological polar surface area (TPSA) is 57.6 Å². The molecule has 0 aliphatic carbocycles. The number of nitrogens with zero attached hydrogens (tertiary/aromatic N) is 1. The van der Waals surface area contributed by atoms with Gasteiger partial charge < -0.3 is 5.11 Å². The molecule has 2 unspecified atom stereocenters. The Morgan fingerprint density at radius 3 is 2.65 bits per heavy atom. The van der Waals surface area contributed by atoms with Crippen LogP contribution in [-0.4, -0.2) is 30.9 Å². The average molecular weight is 318 g/mol. The second-order valence-corrected chi connectivity index (χ2v) is 7.84. The Morgan fingerprint density at radius 2 is 2.05 bits per heavy atom. The molecule has 1 fully saturated rings. The Morgan fingerprint density at radius 1 is 1.35 bits per heavy atom. The first kappa shape index (κ1) is 15.8. The highest BCUT2D eigenvalue weighted by Gasteiger charge is 2.32. The lowest BCUT2D eigenvalue weighted by molar-refractivity contribution is 0.212. The SMILES string of the molecule is CC1CCN(S(=O)(=O)c2cc(CO)ccc2Cl)CC1C. The molecule has 0 saturated carbocycles. The molecule has 4 nitrogen and oxygen atoms in total. The van der Waals surface area contributed by atoms with E-state index in [-0.39, 0.29) is 16.5 Å². The van der Waals surface area contributed by atoms with Gasteiger partial charge in [-0.1, -0.05) is 31.5 Å². The third-order valence-electron chi connectivity index (χ3n) is 4.09. The first-order chi connectivity index (χ1) is 9.36. The lowest BCUT2D eigenvalue weighted by atomic mass is 9.90. The first-order valence-electron chi connectivity index (χ1n) is 6.75. The van der Waals surface area contributed by atoms with Gasteiger partial charge in [-0.25, -0.2) is 8.42 Å². The molecule has 2 rings (SSSR count). The number of hydrogen-bond acceptors (Lipinski definition) is 3. The van der Waals surface area contributed by atoms with Gasteiger partial charge in [0.15, 0.2) is 0 Å². The van der Waals surface area contributed by atoms with Gasteiger partial charge in [0.2, 0.25) is 10.0 Å². The van der Waals surface area contributed by atoms with Crippen molar-refractivity contribution in [2.75, 3.05) is 13.1 Å². The second kappa shape index (κ2) is 6.02. The molecule has 1 aromatic carbocycles. The Balaban J connectivity index is 2.35. The summed E-state index contributed by atoms with van der Waals surface area (Å²) in [7, 11) is -3.59. The number of hydrogen-bond donors (Lipinski definition) is 1. The van der Waals surface area contributed by atoms with Crippen molar-refractivity contribution in [1.82, 2.24) is 4.31 Å². The van der Waals surface area contributed by atoms with Gasteiger partial charge in [0, 0.05) is 13.1 Å². The van der Waals surface area contributed by atoms with Crippen molar-refractivity contribution >= 4 is 21.6 Å². The standard InChI is InChI=1S/C14H20ClNO3S/c1-10-5-6-16(8-11(10)2)20(18,19)14-7-12(9-17)3-4-13(14)15/h3-4,7,10-11,17H,5-6,8-9H2,1-2H3. The molecular weight excluding hydrogens is 298 g/mol. The van der Waals surface area contributed by atoms with Crippen LogP contribution in [0.3, 0.4) is 0 Å². The molecule has 0 spiro atoms. The molecule has 1 aliphatic rings. The van der Waals surface area contributed by atoms with Gasteiger partial charge in [-0.3, -0.25) is 0 Å². The smallest absolute Gasteiger partial charge is 0.244 e. The van der Waals surface area contributed by atoms with E-state index in [0.29, 0.717) is 30.5 Å². The molecule has 20 heavy (non-hydrogen) atoms. The predicted octanol–water partition coefficient (Wildman–Crippen LogP) is 2.50. The van der Waals surface area contributed by atoms with Crippen LogP contribution < -0.4 is 0 Å². The minimum absolute atomic E-state index is 0.0902. The van der Waals surface area contributed by atoms with Gasteiger partial charge in [-0.2, -0.15) is 4.31 Å². The lowest BCUT2D eigenvalue weighted by Crippen LogP contribution is -2.42. The predicted molar refractivity (Wildman–Crippen MR) is 79.1 cm³/mol. The van der Waals surface area contributed by atoms with E-state index in [1.165, 1.54) is 16.4 Å². The van der Waals surface area contributed by atoms with E-state index in [1.54, 1.807) is 6.07 Å². The maximum Gasteiger partial charge on any atom is 0.244 e. The number of aliphatic hydroxyl groups excluding tert-OH is 1.